The summed E-state index contributed by atoms with van der Waals surface area (Å²) >= 11 is 0. The topological polar surface area (TPSA) is 29.5 Å². The molecule has 2 aromatic rings. The van der Waals surface area contributed by atoms with E-state index in [1.54, 1.807) is 0 Å². The predicted molar refractivity (Wildman–Crippen MR) is 63.1 cm³/mol. The van der Waals surface area contributed by atoms with Gasteiger partial charge in [-0.2, -0.15) is 0 Å². The zero-order valence-electron chi connectivity index (χ0n) is 8.97. The van der Waals surface area contributed by atoms with Gasteiger partial charge in [0.05, 0.1) is 6.61 Å². The van der Waals surface area contributed by atoms with Gasteiger partial charge in [-0.05, 0) is 23.3 Å². The summed E-state index contributed by atoms with van der Waals surface area (Å²) in [5.41, 5.74) is 2.04. The van der Waals surface area contributed by atoms with Crippen LogP contribution in [0.15, 0.2) is 54.6 Å². The maximum absolute atomic E-state index is 8.90. The first kappa shape index (κ1) is 10.7. The molecule has 0 fully saturated rings. The van der Waals surface area contributed by atoms with E-state index in [-0.39, 0.29) is 6.61 Å². The molecule has 0 saturated heterocycles. The van der Waals surface area contributed by atoms with Gasteiger partial charge in [0.25, 0.3) is 0 Å². The highest BCUT2D eigenvalue weighted by Crippen LogP contribution is 2.14. The van der Waals surface area contributed by atoms with E-state index in [0.717, 1.165) is 16.9 Å². The Morgan fingerprint density at radius 1 is 0.812 bits per heavy atom. The molecular formula is C14H14O2. The lowest BCUT2D eigenvalue weighted by atomic mass is 10.2. The van der Waals surface area contributed by atoms with Crippen molar-refractivity contribution >= 4 is 0 Å². The Morgan fingerprint density at radius 3 is 2.12 bits per heavy atom. The van der Waals surface area contributed by atoms with E-state index in [0.29, 0.717) is 6.61 Å². The van der Waals surface area contributed by atoms with Crippen LogP contribution in [0, 0.1) is 0 Å². The minimum absolute atomic E-state index is 0.0684. The molecule has 16 heavy (non-hydrogen) atoms. The van der Waals surface area contributed by atoms with Gasteiger partial charge >= 0.3 is 0 Å². The molecule has 82 valence electrons. The smallest absolute Gasteiger partial charge is 0.119 e. The lowest BCUT2D eigenvalue weighted by Gasteiger charge is -2.06. The highest BCUT2D eigenvalue weighted by Gasteiger charge is 1.95. The molecule has 2 rings (SSSR count). The third kappa shape index (κ3) is 2.84. The van der Waals surface area contributed by atoms with Crippen molar-refractivity contribution in [2.24, 2.45) is 0 Å². The second-order valence-electron chi connectivity index (χ2n) is 3.58. The predicted octanol–water partition coefficient (Wildman–Crippen LogP) is 2.76. The van der Waals surface area contributed by atoms with Crippen molar-refractivity contribution in [3.63, 3.8) is 0 Å². The molecule has 0 spiro atoms. The van der Waals surface area contributed by atoms with Crippen molar-refractivity contribution in [3.8, 4) is 5.75 Å². The lowest BCUT2D eigenvalue weighted by molar-refractivity contribution is 0.280. The van der Waals surface area contributed by atoms with Gasteiger partial charge in [0.15, 0.2) is 0 Å². The summed E-state index contributed by atoms with van der Waals surface area (Å²) < 4.78 is 5.61. The van der Waals surface area contributed by atoms with Gasteiger partial charge in [0.2, 0.25) is 0 Å². The van der Waals surface area contributed by atoms with Crippen molar-refractivity contribution < 1.29 is 9.84 Å². The molecule has 0 radical (unpaired) electrons. The summed E-state index contributed by atoms with van der Waals surface area (Å²) in [4.78, 5) is 0. The van der Waals surface area contributed by atoms with E-state index >= 15 is 0 Å². The summed E-state index contributed by atoms with van der Waals surface area (Å²) in [6, 6.07) is 17.5. The minimum atomic E-state index is 0.0684. The van der Waals surface area contributed by atoms with Crippen LogP contribution in [0.3, 0.4) is 0 Å². The zero-order chi connectivity index (χ0) is 11.2. The van der Waals surface area contributed by atoms with Gasteiger partial charge in [-0.3, -0.25) is 0 Å². The number of hydrogen-bond donors (Lipinski definition) is 1. The third-order valence-corrected chi connectivity index (χ3v) is 2.35. The lowest BCUT2D eigenvalue weighted by Crippen LogP contribution is -1.95. The van der Waals surface area contributed by atoms with Crippen molar-refractivity contribution in [2.45, 2.75) is 13.2 Å². The Bertz CT molecular complexity index is 420. The van der Waals surface area contributed by atoms with Crippen molar-refractivity contribution in [3.05, 3.63) is 65.7 Å². The number of rotatable bonds is 4. The number of benzene rings is 2. The molecule has 2 nitrogen and oxygen atoms in total. The first-order valence-corrected chi connectivity index (χ1v) is 5.25. The fraction of sp³-hybridized carbons (Fsp3) is 0.143. The fourth-order valence-corrected chi connectivity index (χ4v) is 1.43. The Labute approximate surface area is 95.1 Å². The molecule has 2 aromatic carbocycles. The normalized spacial score (nSPS) is 10.1. The molecule has 0 heterocycles. The number of hydrogen-bond acceptors (Lipinski definition) is 2. The summed E-state index contributed by atoms with van der Waals surface area (Å²) in [6.07, 6.45) is 0. The summed E-state index contributed by atoms with van der Waals surface area (Å²) in [7, 11) is 0. The van der Waals surface area contributed by atoms with Gasteiger partial charge in [-0.15, -0.1) is 0 Å². The number of ether oxygens (including phenoxy) is 1. The highest BCUT2D eigenvalue weighted by molar-refractivity contribution is 5.27. The molecular weight excluding hydrogens is 201 g/mol. The van der Waals surface area contributed by atoms with Gasteiger partial charge in [-0.25, -0.2) is 0 Å². The highest BCUT2D eigenvalue weighted by atomic mass is 16.5. The SMILES string of the molecule is OC[13c]1ccc(OCc2ccccc2)cc1. The van der Waals surface area contributed by atoms with Crippen LogP contribution in [0.25, 0.3) is 0 Å². The Balaban J connectivity index is 1.94. The molecule has 0 saturated carbocycles. The van der Waals surface area contributed by atoms with Gasteiger partial charge < -0.3 is 9.84 Å². The molecule has 0 bridgehead atoms. The van der Waals surface area contributed by atoms with E-state index in [9.17, 15) is 0 Å². The van der Waals surface area contributed by atoms with Crippen LogP contribution >= 0.6 is 0 Å². The average molecular weight is 215 g/mol. The number of aliphatic hydroxyl groups excluding tert-OH is 1. The summed E-state index contributed by atoms with van der Waals surface area (Å²) in [5.74, 6) is 0.820. The molecule has 0 atom stereocenters. The summed E-state index contributed by atoms with van der Waals surface area (Å²) in [6.45, 7) is 0.637. The molecule has 0 aliphatic heterocycles. The first-order valence-electron chi connectivity index (χ1n) is 5.25. The van der Waals surface area contributed by atoms with Crippen LogP contribution < -0.4 is 4.74 Å². The van der Waals surface area contributed by atoms with Crippen molar-refractivity contribution in [1.82, 2.24) is 0 Å². The van der Waals surface area contributed by atoms with Crippen molar-refractivity contribution in [2.75, 3.05) is 0 Å². The van der Waals surface area contributed by atoms with E-state index in [2.05, 4.69) is 0 Å². The molecule has 0 amide bonds. The minimum Gasteiger partial charge on any atom is -0.489 e. The van der Waals surface area contributed by atoms with Gasteiger partial charge in [-0.1, -0.05) is 42.5 Å². The van der Waals surface area contributed by atoms with Crippen LogP contribution in [0.2, 0.25) is 0 Å². The number of aliphatic hydroxyl groups is 1. The van der Waals surface area contributed by atoms with E-state index in [1.807, 2.05) is 54.6 Å². The van der Waals surface area contributed by atoms with E-state index < -0.39 is 0 Å². The Morgan fingerprint density at radius 2 is 1.50 bits per heavy atom. The fourth-order valence-electron chi connectivity index (χ4n) is 1.43. The second-order valence-corrected chi connectivity index (χ2v) is 3.58. The Kier molecular flexibility index (Phi) is 3.57. The average Bonchev–Trinajstić information content (AvgIpc) is 2.38. The Hall–Kier alpha value is -1.80. The van der Waals surface area contributed by atoms with Crippen LogP contribution in [0.5, 0.6) is 5.75 Å². The maximum atomic E-state index is 8.90. The van der Waals surface area contributed by atoms with Crippen molar-refractivity contribution in [1.29, 1.82) is 0 Å². The van der Waals surface area contributed by atoms with Crippen LogP contribution in [0.1, 0.15) is 11.1 Å². The monoisotopic (exact) mass is 215 g/mol. The molecule has 0 aliphatic carbocycles. The molecule has 0 unspecified atom stereocenters. The maximum Gasteiger partial charge on any atom is 0.119 e. The standard InChI is InChI=1S/C14H14O2/c15-10-12-6-8-14(9-7-12)16-11-13-4-2-1-3-5-13/h1-9,15H,10-11H2/i12+1. The van der Waals surface area contributed by atoms with Gasteiger partial charge in [0.1, 0.15) is 12.4 Å². The quantitative estimate of drug-likeness (QED) is 0.849. The van der Waals surface area contributed by atoms with Crippen LogP contribution in [-0.2, 0) is 13.2 Å². The van der Waals surface area contributed by atoms with E-state index in [1.165, 1.54) is 0 Å². The summed E-state index contributed by atoms with van der Waals surface area (Å²) in [5, 5.41) is 8.90. The molecule has 1 N–H and O–H groups in total. The zero-order valence-corrected chi connectivity index (χ0v) is 8.97. The molecule has 0 aromatic heterocycles. The molecule has 0 aliphatic rings. The molecule has 2 heteroatoms. The van der Waals surface area contributed by atoms with Gasteiger partial charge in [0, 0.05) is 0 Å². The third-order valence-electron chi connectivity index (χ3n) is 2.35. The van der Waals surface area contributed by atoms with Crippen LogP contribution in [-0.4, -0.2) is 5.11 Å². The van der Waals surface area contributed by atoms with Crippen LogP contribution in [0.4, 0.5) is 0 Å². The van der Waals surface area contributed by atoms with E-state index in [4.69, 9.17) is 9.84 Å². The first-order chi connectivity index (χ1) is 7.88. The second kappa shape index (κ2) is 5.33. The largest absolute Gasteiger partial charge is 0.489 e.